The molecule has 2 aromatic rings. The Labute approximate surface area is 136 Å². The average molecular weight is 370 g/mol. The molecule has 0 atom stereocenters. The Balaban J connectivity index is 2.51. The fourth-order valence-corrected chi connectivity index (χ4v) is 2.48. The topological polar surface area (TPSA) is 78.3 Å². The lowest BCUT2D eigenvalue weighted by Crippen LogP contribution is -2.13. The number of nitrogen functional groups attached to an aromatic ring is 1. The number of carbonyl (C=O) groups excluding carboxylic acids is 1. The van der Waals surface area contributed by atoms with E-state index in [0.717, 1.165) is 15.6 Å². The van der Waals surface area contributed by atoms with Gasteiger partial charge in [0.25, 0.3) is 5.91 Å². The zero-order valence-corrected chi connectivity index (χ0v) is 13.9. The van der Waals surface area contributed by atoms with Crippen LogP contribution in [0.1, 0.15) is 21.5 Å². The minimum atomic E-state index is -0.648. The number of primary amides is 1. The molecule has 0 unspecified atom stereocenters. The first-order chi connectivity index (χ1) is 9.79. The minimum absolute atomic E-state index is 0.151. The van der Waals surface area contributed by atoms with Gasteiger partial charge in [-0.25, -0.2) is 0 Å². The molecule has 6 heteroatoms. The van der Waals surface area contributed by atoms with E-state index in [4.69, 9.17) is 27.8 Å². The van der Waals surface area contributed by atoms with Crippen molar-refractivity contribution in [1.82, 2.24) is 0 Å². The van der Waals surface area contributed by atoms with E-state index in [-0.39, 0.29) is 16.3 Å². The van der Waals surface area contributed by atoms with Crippen molar-refractivity contribution in [2.75, 3.05) is 5.73 Å². The van der Waals surface area contributed by atoms with E-state index >= 15 is 0 Å². The number of amides is 1. The third-order valence-electron chi connectivity index (χ3n) is 2.96. The summed E-state index contributed by atoms with van der Waals surface area (Å²) in [7, 11) is 0. The molecule has 110 valence electrons. The molecule has 0 heterocycles. The van der Waals surface area contributed by atoms with Crippen molar-refractivity contribution in [2.45, 2.75) is 13.8 Å². The van der Waals surface area contributed by atoms with Gasteiger partial charge in [-0.3, -0.25) is 4.79 Å². The van der Waals surface area contributed by atoms with E-state index in [1.54, 1.807) is 0 Å². The Morgan fingerprint density at radius 2 is 1.76 bits per heavy atom. The zero-order valence-electron chi connectivity index (χ0n) is 11.5. The summed E-state index contributed by atoms with van der Waals surface area (Å²) in [6.07, 6.45) is 0. The molecule has 2 rings (SSSR count). The van der Waals surface area contributed by atoms with Crippen LogP contribution < -0.4 is 16.2 Å². The molecule has 0 aliphatic rings. The molecular formula is C15H14BrClN2O2. The lowest BCUT2D eigenvalue weighted by molar-refractivity contribution is 0.0998. The van der Waals surface area contributed by atoms with Gasteiger partial charge in [0.15, 0.2) is 5.75 Å². The van der Waals surface area contributed by atoms with Gasteiger partial charge in [-0.15, -0.1) is 0 Å². The van der Waals surface area contributed by atoms with Gasteiger partial charge >= 0.3 is 0 Å². The fourth-order valence-electron chi connectivity index (χ4n) is 1.98. The molecule has 4 N–H and O–H groups in total. The van der Waals surface area contributed by atoms with Crippen molar-refractivity contribution in [3.8, 4) is 11.5 Å². The van der Waals surface area contributed by atoms with Crippen molar-refractivity contribution >= 4 is 39.1 Å². The zero-order chi connectivity index (χ0) is 15.7. The Morgan fingerprint density at radius 3 is 2.29 bits per heavy atom. The highest BCUT2D eigenvalue weighted by Crippen LogP contribution is 2.36. The lowest BCUT2D eigenvalue weighted by Gasteiger charge is -2.14. The van der Waals surface area contributed by atoms with Crippen LogP contribution in [0.25, 0.3) is 0 Å². The first-order valence-electron chi connectivity index (χ1n) is 6.13. The fraction of sp³-hybridized carbons (Fsp3) is 0.133. The third kappa shape index (κ3) is 3.31. The van der Waals surface area contributed by atoms with E-state index in [0.29, 0.717) is 11.4 Å². The van der Waals surface area contributed by atoms with Crippen molar-refractivity contribution in [3.63, 3.8) is 0 Å². The molecule has 0 saturated carbocycles. The highest BCUT2D eigenvalue weighted by molar-refractivity contribution is 9.10. The second-order valence-corrected chi connectivity index (χ2v) is 5.92. The largest absolute Gasteiger partial charge is 0.455 e. The van der Waals surface area contributed by atoms with Crippen LogP contribution in [0.5, 0.6) is 11.5 Å². The summed E-state index contributed by atoms with van der Waals surface area (Å²) in [6, 6.07) is 6.65. The van der Waals surface area contributed by atoms with Gasteiger partial charge in [0.05, 0.1) is 10.6 Å². The van der Waals surface area contributed by atoms with Gasteiger partial charge in [-0.05, 0) is 49.2 Å². The number of carbonyl (C=O) groups is 1. The standard InChI is InChI=1S/C15H14BrClN2O2/c1-7-3-10(4-8(2)13(7)16)21-14-11(15(19)20)5-9(18)6-12(14)17/h3-6H,18H2,1-2H3,(H2,19,20). The Hall–Kier alpha value is -1.72. The molecule has 21 heavy (non-hydrogen) atoms. The highest BCUT2D eigenvalue weighted by Gasteiger charge is 2.16. The van der Waals surface area contributed by atoms with Crippen LogP contribution in [0.2, 0.25) is 5.02 Å². The Bertz CT molecular complexity index is 709. The number of nitrogens with two attached hydrogens (primary N) is 2. The highest BCUT2D eigenvalue weighted by atomic mass is 79.9. The minimum Gasteiger partial charge on any atom is -0.455 e. The number of ether oxygens (including phenoxy) is 1. The summed E-state index contributed by atoms with van der Waals surface area (Å²) in [5.74, 6) is 0.131. The normalized spacial score (nSPS) is 10.5. The summed E-state index contributed by atoms with van der Waals surface area (Å²) < 4.78 is 6.77. The van der Waals surface area contributed by atoms with Gasteiger partial charge in [0.2, 0.25) is 0 Å². The Morgan fingerprint density at radius 1 is 1.19 bits per heavy atom. The molecule has 0 aliphatic carbocycles. The molecule has 0 saturated heterocycles. The monoisotopic (exact) mass is 368 g/mol. The second kappa shape index (κ2) is 5.95. The summed E-state index contributed by atoms with van der Waals surface area (Å²) in [6.45, 7) is 3.90. The van der Waals surface area contributed by atoms with E-state index in [1.165, 1.54) is 12.1 Å². The predicted molar refractivity (Wildman–Crippen MR) is 88.1 cm³/mol. The smallest absolute Gasteiger partial charge is 0.252 e. The van der Waals surface area contributed by atoms with Gasteiger partial charge in [-0.2, -0.15) is 0 Å². The maximum Gasteiger partial charge on any atom is 0.252 e. The van der Waals surface area contributed by atoms with Gasteiger partial charge < -0.3 is 16.2 Å². The number of rotatable bonds is 3. The van der Waals surface area contributed by atoms with Crippen molar-refractivity contribution < 1.29 is 9.53 Å². The van der Waals surface area contributed by atoms with E-state index in [2.05, 4.69) is 15.9 Å². The predicted octanol–water partition coefficient (Wildman–Crippen LogP) is 4.19. The van der Waals surface area contributed by atoms with E-state index in [9.17, 15) is 4.79 Å². The number of halogens is 2. The number of hydrogen-bond acceptors (Lipinski definition) is 3. The first kappa shape index (κ1) is 15.7. The summed E-state index contributed by atoms with van der Waals surface area (Å²) in [5.41, 5.74) is 13.5. The SMILES string of the molecule is Cc1cc(Oc2c(Cl)cc(N)cc2C(N)=O)cc(C)c1Br. The summed E-state index contributed by atoms with van der Waals surface area (Å²) in [4.78, 5) is 11.5. The maximum atomic E-state index is 11.5. The van der Waals surface area contributed by atoms with Crippen LogP contribution in [0.15, 0.2) is 28.7 Å². The van der Waals surface area contributed by atoms with Crippen molar-refractivity contribution in [2.24, 2.45) is 5.73 Å². The summed E-state index contributed by atoms with van der Waals surface area (Å²) >= 11 is 9.61. The molecule has 1 amide bonds. The van der Waals surface area contributed by atoms with Crippen LogP contribution in [0.3, 0.4) is 0 Å². The third-order valence-corrected chi connectivity index (χ3v) is 4.49. The first-order valence-corrected chi connectivity index (χ1v) is 7.30. The average Bonchev–Trinajstić information content (AvgIpc) is 2.38. The van der Waals surface area contributed by atoms with Crippen LogP contribution in [-0.2, 0) is 0 Å². The molecule has 0 radical (unpaired) electrons. The van der Waals surface area contributed by atoms with Crippen molar-refractivity contribution in [1.29, 1.82) is 0 Å². The quantitative estimate of drug-likeness (QED) is 0.796. The van der Waals surface area contributed by atoms with Gasteiger partial charge in [0.1, 0.15) is 5.75 Å². The lowest BCUT2D eigenvalue weighted by atomic mass is 10.1. The van der Waals surface area contributed by atoms with Gasteiger partial charge in [-0.1, -0.05) is 27.5 Å². The maximum absolute atomic E-state index is 11.5. The number of aryl methyl sites for hydroxylation is 2. The number of benzene rings is 2. The molecule has 2 aromatic carbocycles. The van der Waals surface area contributed by atoms with E-state index in [1.807, 2.05) is 26.0 Å². The van der Waals surface area contributed by atoms with Crippen LogP contribution in [-0.4, -0.2) is 5.91 Å². The Kier molecular flexibility index (Phi) is 4.44. The molecule has 0 fully saturated rings. The van der Waals surface area contributed by atoms with Crippen LogP contribution in [0, 0.1) is 13.8 Å². The number of hydrogen-bond donors (Lipinski definition) is 2. The molecule has 0 spiro atoms. The molecule has 0 bridgehead atoms. The number of anilines is 1. The van der Waals surface area contributed by atoms with Crippen LogP contribution >= 0.6 is 27.5 Å². The van der Waals surface area contributed by atoms with Crippen LogP contribution in [0.4, 0.5) is 5.69 Å². The molecule has 0 aromatic heterocycles. The van der Waals surface area contributed by atoms with Gasteiger partial charge in [0, 0.05) is 10.2 Å². The van der Waals surface area contributed by atoms with Crippen molar-refractivity contribution in [3.05, 3.63) is 50.5 Å². The molecular weight excluding hydrogens is 356 g/mol. The van der Waals surface area contributed by atoms with E-state index < -0.39 is 5.91 Å². The molecule has 4 nitrogen and oxygen atoms in total. The summed E-state index contributed by atoms with van der Waals surface area (Å²) in [5, 5.41) is 0.238. The second-order valence-electron chi connectivity index (χ2n) is 4.72. The molecule has 0 aliphatic heterocycles.